The second kappa shape index (κ2) is 6.64. The molecule has 0 spiro atoms. The van der Waals surface area contributed by atoms with E-state index in [9.17, 15) is 0 Å². The molecule has 1 unspecified atom stereocenters. The van der Waals surface area contributed by atoms with Crippen LogP contribution in [0.1, 0.15) is 12.8 Å². The molecule has 0 aliphatic carbocycles. The Morgan fingerprint density at radius 1 is 1.29 bits per heavy atom. The van der Waals surface area contributed by atoms with Gasteiger partial charge in [-0.25, -0.2) is 0 Å². The van der Waals surface area contributed by atoms with Crippen LogP contribution in [0.15, 0.2) is 30.3 Å². The number of hydrogen-bond acceptors (Lipinski definition) is 6. The summed E-state index contributed by atoms with van der Waals surface area (Å²) in [6.45, 7) is 2.08. The van der Waals surface area contributed by atoms with Crippen molar-refractivity contribution in [3.63, 3.8) is 0 Å². The predicted octanol–water partition coefficient (Wildman–Crippen LogP) is 0.640. The molecule has 112 valence electrons. The number of aliphatic hydroxyl groups is 1. The van der Waals surface area contributed by atoms with E-state index in [1.807, 2.05) is 30.3 Å². The topological polar surface area (TPSA) is 76.3 Å². The van der Waals surface area contributed by atoms with Crippen LogP contribution in [0.4, 0.5) is 5.95 Å². The summed E-state index contributed by atoms with van der Waals surface area (Å²) in [5.74, 6) is 0.735. The molecule has 1 aliphatic rings. The molecular weight excluding hydrogens is 270 g/mol. The highest BCUT2D eigenvalue weighted by Crippen LogP contribution is 2.21. The first-order valence-electron chi connectivity index (χ1n) is 7.19. The van der Waals surface area contributed by atoms with Crippen LogP contribution < -0.4 is 4.90 Å². The standard InChI is InChI=1S/C14H19N5O2/c20-9-10-21-13-7-4-8-18(11-13)14-15-16-17-19(14)12-5-2-1-3-6-12/h1-3,5-6,13,20H,4,7-11H2. The van der Waals surface area contributed by atoms with Gasteiger partial charge < -0.3 is 14.7 Å². The fraction of sp³-hybridized carbons (Fsp3) is 0.500. The largest absolute Gasteiger partial charge is 0.394 e. The molecule has 3 rings (SSSR count). The zero-order valence-electron chi connectivity index (χ0n) is 11.8. The Kier molecular flexibility index (Phi) is 4.42. The van der Waals surface area contributed by atoms with E-state index in [0.29, 0.717) is 6.61 Å². The number of tetrazole rings is 1. The Morgan fingerprint density at radius 3 is 2.95 bits per heavy atom. The van der Waals surface area contributed by atoms with Crippen LogP contribution in [0.3, 0.4) is 0 Å². The summed E-state index contributed by atoms with van der Waals surface area (Å²) in [5.41, 5.74) is 0.941. The first kappa shape index (κ1) is 14.0. The molecule has 0 saturated carbocycles. The van der Waals surface area contributed by atoms with E-state index in [1.165, 1.54) is 0 Å². The Bertz CT molecular complexity index is 560. The number of piperidine rings is 1. The van der Waals surface area contributed by atoms with Gasteiger partial charge in [-0.15, -0.1) is 0 Å². The van der Waals surface area contributed by atoms with Crippen LogP contribution in [0, 0.1) is 0 Å². The van der Waals surface area contributed by atoms with Crippen molar-refractivity contribution in [3.05, 3.63) is 30.3 Å². The van der Waals surface area contributed by atoms with Crippen molar-refractivity contribution in [2.75, 3.05) is 31.2 Å². The zero-order chi connectivity index (χ0) is 14.5. The lowest BCUT2D eigenvalue weighted by atomic mass is 10.1. The summed E-state index contributed by atoms with van der Waals surface area (Å²) >= 11 is 0. The number of hydrogen-bond donors (Lipinski definition) is 1. The lowest BCUT2D eigenvalue weighted by Crippen LogP contribution is -2.41. The molecule has 1 N–H and O–H groups in total. The minimum absolute atomic E-state index is 0.0538. The maximum atomic E-state index is 8.86. The van der Waals surface area contributed by atoms with Crippen molar-refractivity contribution in [3.8, 4) is 5.69 Å². The number of benzene rings is 1. The van der Waals surface area contributed by atoms with Gasteiger partial charge in [0.25, 0.3) is 0 Å². The molecule has 1 aromatic carbocycles. The SMILES string of the molecule is OCCOC1CCCN(c2nnnn2-c2ccccc2)C1. The van der Waals surface area contributed by atoms with Gasteiger partial charge in [0.2, 0.25) is 5.95 Å². The molecule has 2 aromatic rings. The summed E-state index contributed by atoms with van der Waals surface area (Å²) in [4.78, 5) is 2.14. The van der Waals surface area contributed by atoms with Crippen molar-refractivity contribution < 1.29 is 9.84 Å². The van der Waals surface area contributed by atoms with Crippen molar-refractivity contribution in [2.45, 2.75) is 18.9 Å². The summed E-state index contributed by atoms with van der Waals surface area (Å²) in [6.07, 6.45) is 2.15. The minimum atomic E-state index is 0.0538. The second-order valence-corrected chi connectivity index (χ2v) is 5.03. The maximum Gasteiger partial charge on any atom is 0.250 e. The van der Waals surface area contributed by atoms with E-state index in [-0.39, 0.29) is 12.7 Å². The highest BCUT2D eigenvalue weighted by Gasteiger charge is 2.24. The summed E-state index contributed by atoms with van der Waals surface area (Å²) < 4.78 is 7.38. The quantitative estimate of drug-likeness (QED) is 0.870. The van der Waals surface area contributed by atoms with Gasteiger partial charge in [-0.2, -0.15) is 4.68 Å². The average Bonchev–Trinajstić information content (AvgIpc) is 3.04. The predicted molar refractivity (Wildman–Crippen MR) is 77.4 cm³/mol. The van der Waals surface area contributed by atoms with Gasteiger partial charge in [-0.05, 0) is 35.4 Å². The van der Waals surface area contributed by atoms with Crippen LogP contribution in [0.25, 0.3) is 5.69 Å². The molecule has 21 heavy (non-hydrogen) atoms. The molecule has 1 aliphatic heterocycles. The van der Waals surface area contributed by atoms with E-state index in [4.69, 9.17) is 9.84 Å². The Labute approximate surface area is 123 Å². The molecule has 0 bridgehead atoms. The number of aromatic nitrogens is 4. The lowest BCUT2D eigenvalue weighted by Gasteiger charge is -2.32. The molecule has 1 saturated heterocycles. The van der Waals surface area contributed by atoms with Gasteiger partial charge in [0, 0.05) is 13.1 Å². The van der Waals surface area contributed by atoms with Crippen LogP contribution in [-0.4, -0.2) is 57.7 Å². The van der Waals surface area contributed by atoms with Gasteiger partial charge in [0.05, 0.1) is 25.0 Å². The van der Waals surface area contributed by atoms with Gasteiger partial charge in [0.15, 0.2) is 0 Å². The van der Waals surface area contributed by atoms with E-state index in [1.54, 1.807) is 4.68 Å². The first-order valence-corrected chi connectivity index (χ1v) is 7.19. The minimum Gasteiger partial charge on any atom is -0.394 e. The molecule has 7 nitrogen and oxygen atoms in total. The number of rotatable bonds is 5. The Balaban J connectivity index is 1.76. The lowest BCUT2D eigenvalue weighted by molar-refractivity contribution is 0.0211. The summed E-state index contributed by atoms with van der Waals surface area (Å²) in [7, 11) is 0. The number of ether oxygens (including phenoxy) is 1. The third kappa shape index (κ3) is 3.20. The third-order valence-electron chi connectivity index (χ3n) is 3.56. The zero-order valence-corrected chi connectivity index (χ0v) is 11.8. The molecule has 7 heteroatoms. The smallest absolute Gasteiger partial charge is 0.250 e. The van der Waals surface area contributed by atoms with Crippen LogP contribution in [0.2, 0.25) is 0 Å². The van der Waals surface area contributed by atoms with Gasteiger partial charge in [-0.3, -0.25) is 0 Å². The number of aliphatic hydroxyl groups excluding tert-OH is 1. The number of nitrogens with zero attached hydrogens (tertiary/aromatic N) is 5. The van der Waals surface area contributed by atoms with Gasteiger partial charge in [-0.1, -0.05) is 23.3 Å². The van der Waals surface area contributed by atoms with Crippen LogP contribution in [-0.2, 0) is 4.74 Å². The van der Waals surface area contributed by atoms with Crippen LogP contribution in [0.5, 0.6) is 0 Å². The third-order valence-corrected chi connectivity index (χ3v) is 3.56. The highest BCUT2D eigenvalue weighted by molar-refractivity contribution is 5.40. The Hall–Kier alpha value is -1.99. The molecule has 1 fully saturated rings. The van der Waals surface area contributed by atoms with E-state index >= 15 is 0 Å². The second-order valence-electron chi connectivity index (χ2n) is 5.03. The fourth-order valence-corrected chi connectivity index (χ4v) is 2.59. The normalized spacial score (nSPS) is 18.9. The van der Waals surface area contributed by atoms with Crippen LogP contribution >= 0.6 is 0 Å². The first-order chi connectivity index (χ1) is 10.4. The molecule has 0 radical (unpaired) electrons. The van der Waals surface area contributed by atoms with E-state index < -0.39 is 0 Å². The molecule has 0 amide bonds. The van der Waals surface area contributed by atoms with Crippen molar-refractivity contribution in [2.24, 2.45) is 0 Å². The number of para-hydroxylation sites is 1. The monoisotopic (exact) mass is 289 g/mol. The fourth-order valence-electron chi connectivity index (χ4n) is 2.59. The maximum absolute atomic E-state index is 8.86. The van der Waals surface area contributed by atoms with Crippen molar-refractivity contribution >= 4 is 5.95 Å². The van der Waals surface area contributed by atoms with Gasteiger partial charge >= 0.3 is 0 Å². The van der Waals surface area contributed by atoms with Gasteiger partial charge in [0.1, 0.15) is 0 Å². The molecule has 1 aromatic heterocycles. The summed E-state index contributed by atoms with van der Waals surface area (Å²) in [6, 6.07) is 9.84. The number of anilines is 1. The highest BCUT2D eigenvalue weighted by atomic mass is 16.5. The molecule has 1 atom stereocenters. The van der Waals surface area contributed by atoms with Crippen molar-refractivity contribution in [1.82, 2.24) is 20.2 Å². The van der Waals surface area contributed by atoms with E-state index in [2.05, 4.69) is 20.4 Å². The average molecular weight is 289 g/mol. The Morgan fingerprint density at radius 2 is 2.14 bits per heavy atom. The molecular formula is C14H19N5O2. The van der Waals surface area contributed by atoms with E-state index in [0.717, 1.165) is 37.6 Å². The van der Waals surface area contributed by atoms with Crippen molar-refractivity contribution in [1.29, 1.82) is 0 Å². The summed E-state index contributed by atoms with van der Waals surface area (Å²) in [5, 5.41) is 20.9. The molecule has 2 heterocycles.